The van der Waals surface area contributed by atoms with Crippen LogP contribution in [0.4, 0.5) is 11.6 Å². The highest BCUT2D eigenvalue weighted by atomic mass is 16.6. The summed E-state index contributed by atoms with van der Waals surface area (Å²) in [6.07, 6.45) is 3.45. The van der Waals surface area contributed by atoms with E-state index in [0.717, 1.165) is 10.1 Å². The Hall–Kier alpha value is -3.16. The highest BCUT2D eigenvalue weighted by Crippen LogP contribution is 2.32. The predicted octanol–water partition coefficient (Wildman–Crippen LogP) is 2.16. The summed E-state index contributed by atoms with van der Waals surface area (Å²) >= 11 is 0. The lowest BCUT2D eigenvalue weighted by Gasteiger charge is -2.17. The number of hydrogen-bond acceptors (Lipinski definition) is 8. The third-order valence-electron chi connectivity index (χ3n) is 5.44. The minimum Gasteiger partial charge on any atom is -0.469 e. The van der Waals surface area contributed by atoms with Crippen molar-refractivity contribution in [2.24, 2.45) is 12.9 Å². The lowest BCUT2D eigenvalue weighted by atomic mass is 10.1. The second-order valence-corrected chi connectivity index (χ2v) is 7.59. The summed E-state index contributed by atoms with van der Waals surface area (Å²) in [6.45, 7) is 1.71. The van der Waals surface area contributed by atoms with E-state index in [4.69, 9.17) is 18.3 Å². The van der Waals surface area contributed by atoms with Gasteiger partial charge in [0.2, 0.25) is 5.95 Å². The van der Waals surface area contributed by atoms with E-state index in [-0.39, 0.29) is 29.9 Å². The number of hydrogen-bond donors (Lipinski definition) is 1. The molecule has 3 atom stereocenters. The molecule has 0 saturated carbocycles. The van der Waals surface area contributed by atoms with Gasteiger partial charge in [0.05, 0.1) is 38.7 Å². The zero-order valence-corrected chi connectivity index (χ0v) is 16.4. The van der Waals surface area contributed by atoms with Crippen LogP contribution in [0.3, 0.4) is 0 Å². The van der Waals surface area contributed by atoms with Gasteiger partial charge in [-0.1, -0.05) is 6.92 Å². The van der Waals surface area contributed by atoms with Crippen molar-refractivity contribution in [3.8, 4) is 11.9 Å². The maximum absolute atomic E-state index is 9.66. The zero-order valence-electron chi connectivity index (χ0n) is 19.4. The second kappa shape index (κ2) is 7.59. The largest absolute Gasteiger partial charge is 0.469 e. The van der Waals surface area contributed by atoms with E-state index in [1.807, 2.05) is 4.57 Å². The van der Waals surface area contributed by atoms with Crippen LogP contribution >= 0.6 is 0 Å². The van der Waals surface area contributed by atoms with Gasteiger partial charge < -0.3 is 24.1 Å². The summed E-state index contributed by atoms with van der Waals surface area (Å²) in [5, 5.41) is 17.5. The number of fused-ring (bicyclic) bond motifs is 1. The molecule has 0 bridgehead atoms. The van der Waals surface area contributed by atoms with Crippen LogP contribution in [0, 0.1) is 17.2 Å². The molecule has 5 heterocycles. The lowest BCUT2D eigenvalue weighted by molar-refractivity contribution is 0.138. The van der Waals surface area contributed by atoms with Crippen molar-refractivity contribution in [1.29, 1.82) is 5.26 Å². The van der Waals surface area contributed by atoms with Crippen molar-refractivity contribution in [3.63, 3.8) is 0 Å². The Morgan fingerprint density at radius 2 is 2.30 bits per heavy atom. The molecule has 0 aliphatic carbocycles. The van der Waals surface area contributed by atoms with Gasteiger partial charge in [0.15, 0.2) is 0 Å². The van der Waals surface area contributed by atoms with E-state index in [1.54, 1.807) is 12.3 Å². The lowest BCUT2D eigenvalue weighted by Crippen LogP contribution is -2.17. The maximum atomic E-state index is 9.66. The van der Waals surface area contributed by atoms with Crippen molar-refractivity contribution in [3.05, 3.63) is 24.2 Å². The van der Waals surface area contributed by atoms with E-state index in [2.05, 4.69) is 33.4 Å². The van der Waals surface area contributed by atoms with Gasteiger partial charge in [0.25, 0.3) is 5.88 Å². The Labute approximate surface area is 177 Å². The fourth-order valence-electron chi connectivity index (χ4n) is 3.88. The average Bonchev–Trinajstić information content (AvgIpc) is 3.55. The molecule has 3 aromatic heterocycles. The summed E-state index contributed by atoms with van der Waals surface area (Å²) < 4.78 is 42.6. The van der Waals surface area contributed by atoms with Gasteiger partial charge in [0.1, 0.15) is 29.2 Å². The van der Waals surface area contributed by atoms with Gasteiger partial charge in [-0.2, -0.15) is 10.2 Å². The molecule has 5 rings (SSSR count). The topological polar surface area (TPSA) is 112 Å². The molecule has 156 valence electrons. The number of nitriles is 1. The number of anilines is 2. The van der Waals surface area contributed by atoms with Crippen molar-refractivity contribution >= 4 is 22.7 Å². The van der Waals surface area contributed by atoms with E-state index in [0.29, 0.717) is 49.9 Å². The van der Waals surface area contributed by atoms with Gasteiger partial charge in [-0.15, -0.1) is 5.10 Å². The molecule has 0 spiro atoms. The molecule has 10 heteroatoms. The summed E-state index contributed by atoms with van der Waals surface area (Å²) in [7, 11) is 0. The van der Waals surface area contributed by atoms with E-state index >= 15 is 0 Å². The van der Waals surface area contributed by atoms with Crippen molar-refractivity contribution < 1.29 is 18.3 Å². The van der Waals surface area contributed by atoms with Crippen molar-refractivity contribution in [1.82, 2.24) is 24.3 Å². The molecule has 10 nitrogen and oxygen atoms in total. The molecule has 2 fully saturated rings. The smallest absolute Gasteiger partial charge is 0.257 e. The Morgan fingerprint density at radius 3 is 3.03 bits per heavy atom. The summed E-state index contributed by atoms with van der Waals surface area (Å²) in [4.78, 5) is 8.99. The van der Waals surface area contributed by atoms with Crippen molar-refractivity contribution in [2.45, 2.75) is 25.5 Å². The van der Waals surface area contributed by atoms with Crippen LogP contribution in [0.25, 0.3) is 11.0 Å². The number of nitrogens with one attached hydrogen (secondary N) is 1. The quantitative estimate of drug-likeness (QED) is 0.678. The summed E-state index contributed by atoms with van der Waals surface area (Å²) in [5.41, 5.74) is 1.41. The Kier molecular flexibility index (Phi) is 3.96. The van der Waals surface area contributed by atoms with Crippen LogP contribution in [0.15, 0.2) is 18.5 Å². The van der Waals surface area contributed by atoms with Gasteiger partial charge in [-0.05, 0) is 6.07 Å². The minimum atomic E-state index is -2.47. The highest BCUT2D eigenvalue weighted by Gasteiger charge is 2.29. The summed E-state index contributed by atoms with van der Waals surface area (Å²) in [5.74, 6) is 0.594. The first-order valence-electron chi connectivity index (χ1n) is 11.3. The molecule has 0 amide bonds. The normalized spacial score (nSPS) is 25.6. The van der Waals surface area contributed by atoms with Crippen molar-refractivity contribution in [2.75, 3.05) is 31.7 Å². The molecule has 1 N–H and O–H groups in total. The molecule has 2 saturated heterocycles. The van der Waals surface area contributed by atoms with E-state index < -0.39 is 6.98 Å². The summed E-state index contributed by atoms with van der Waals surface area (Å²) in [6, 6.07) is 3.97. The standard InChI is InChI=1S/C20H23N7O3/c1-12-9-29-11-17(12)27-14(6-21)5-13-7-22-20(24-18(13)27)23-16-8-26(2)25-19(16)30-15-3-4-28-10-15/h5,7-8,12,15,17H,3-4,9-11H2,1-2H3,(H,22,23,24)/t12-,15?,17-/m0/s1/i2D3. The fraction of sp³-hybridized carbons (Fsp3) is 0.500. The Bertz CT molecular complexity index is 1210. The van der Waals surface area contributed by atoms with Crippen LogP contribution in [0.2, 0.25) is 0 Å². The van der Waals surface area contributed by atoms with Crippen LogP contribution in [0.5, 0.6) is 5.88 Å². The fourth-order valence-corrected chi connectivity index (χ4v) is 3.88. The predicted molar refractivity (Wildman–Crippen MR) is 108 cm³/mol. The first-order valence-corrected chi connectivity index (χ1v) is 9.81. The van der Waals surface area contributed by atoms with E-state index in [1.165, 1.54) is 6.20 Å². The van der Waals surface area contributed by atoms with Gasteiger partial charge in [-0.3, -0.25) is 4.68 Å². The molecular formula is C20H23N7O3. The molecule has 1 unspecified atom stereocenters. The highest BCUT2D eigenvalue weighted by molar-refractivity contribution is 5.79. The molecule has 2 aliphatic heterocycles. The maximum Gasteiger partial charge on any atom is 0.257 e. The van der Waals surface area contributed by atoms with Gasteiger partial charge in [0, 0.05) is 35.0 Å². The Morgan fingerprint density at radius 1 is 1.37 bits per heavy atom. The molecule has 0 aromatic carbocycles. The second-order valence-electron chi connectivity index (χ2n) is 7.59. The van der Waals surface area contributed by atoms with Gasteiger partial charge >= 0.3 is 0 Å². The molecular weight excluding hydrogens is 386 g/mol. The third-order valence-corrected chi connectivity index (χ3v) is 5.44. The Balaban J connectivity index is 1.51. The van der Waals surface area contributed by atoms with Crippen LogP contribution in [-0.4, -0.2) is 56.8 Å². The number of aromatic nitrogens is 5. The molecule has 2 aliphatic rings. The number of ether oxygens (including phenoxy) is 3. The first kappa shape index (κ1) is 15.6. The monoisotopic (exact) mass is 412 g/mol. The first-order chi connectivity index (χ1) is 15.8. The number of aryl methyl sites for hydroxylation is 1. The number of nitrogens with zero attached hydrogens (tertiary/aromatic N) is 6. The molecule has 30 heavy (non-hydrogen) atoms. The zero-order chi connectivity index (χ0) is 23.2. The average molecular weight is 412 g/mol. The van der Waals surface area contributed by atoms with Crippen LogP contribution in [0.1, 0.15) is 29.2 Å². The van der Waals surface area contributed by atoms with Crippen LogP contribution < -0.4 is 10.1 Å². The minimum absolute atomic E-state index is 0.0144. The van der Waals surface area contributed by atoms with E-state index in [9.17, 15) is 5.26 Å². The SMILES string of the molecule is [2H]C([2H])([2H])n1cc(Nc2ncc3cc(C#N)n([C@H]4COC[C@@H]4C)c3n2)c(OC2CCOC2)n1. The molecule has 0 radical (unpaired) electrons. The molecule has 3 aromatic rings. The number of rotatable bonds is 5. The third kappa shape index (κ3) is 3.36. The van der Waals surface area contributed by atoms with Crippen LogP contribution in [-0.2, 0) is 16.4 Å². The van der Waals surface area contributed by atoms with Gasteiger partial charge in [-0.25, -0.2) is 4.98 Å².